The van der Waals surface area contributed by atoms with Gasteiger partial charge < -0.3 is 4.57 Å². The van der Waals surface area contributed by atoms with Crippen LogP contribution >= 0.6 is 11.8 Å². The number of nitrogens with zero attached hydrogens (tertiary/aromatic N) is 3. The first-order chi connectivity index (χ1) is 12.9. The smallest absolute Gasteiger partial charge is 0.293 e. The molecular weight excluding hydrogens is 358 g/mol. The molecule has 1 aromatic carbocycles. The topological polar surface area (TPSA) is 66.1 Å². The highest BCUT2D eigenvalue weighted by Crippen LogP contribution is 2.35. The first-order valence-electron chi connectivity index (χ1n) is 8.84. The van der Waals surface area contributed by atoms with Crippen LogP contribution in [-0.2, 0) is 4.79 Å². The third kappa shape index (κ3) is 3.43. The van der Waals surface area contributed by atoms with Gasteiger partial charge in [0.25, 0.3) is 11.1 Å². The fraction of sp³-hybridized carbons (Fsp3) is 0.286. The molecule has 0 unspecified atom stereocenters. The quantitative estimate of drug-likeness (QED) is 0.716. The van der Waals surface area contributed by atoms with Crippen LogP contribution in [0, 0.1) is 25.2 Å². The van der Waals surface area contributed by atoms with E-state index in [0.717, 1.165) is 40.8 Å². The Kier molecular flexibility index (Phi) is 5.24. The number of nitriles is 1. The summed E-state index contributed by atoms with van der Waals surface area (Å²) >= 11 is 0.998. The van der Waals surface area contributed by atoms with E-state index in [1.807, 2.05) is 45.9 Å². The van der Waals surface area contributed by atoms with Gasteiger partial charge in [-0.15, -0.1) is 0 Å². The van der Waals surface area contributed by atoms with Gasteiger partial charge in [0.1, 0.15) is 0 Å². The van der Waals surface area contributed by atoms with Crippen molar-refractivity contribution in [3.63, 3.8) is 0 Å². The van der Waals surface area contributed by atoms with Crippen LogP contribution in [0.4, 0.5) is 4.79 Å². The molecule has 1 aromatic heterocycles. The fourth-order valence-electron chi connectivity index (χ4n) is 3.20. The average molecular weight is 379 g/mol. The van der Waals surface area contributed by atoms with Crippen molar-refractivity contribution < 1.29 is 9.59 Å². The van der Waals surface area contributed by atoms with Gasteiger partial charge in [-0.05, 0) is 80.9 Å². The minimum absolute atomic E-state index is 0.102. The SMILES string of the molecule is CC[C@@H](C)N1C(=O)S/C(=C/c2cc(C)n(-c3ccc(C#N)cc3)c2C)C1=O. The molecule has 1 atom stereocenters. The lowest BCUT2D eigenvalue weighted by molar-refractivity contribution is -0.124. The van der Waals surface area contributed by atoms with Crippen molar-refractivity contribution in [3.05, 3.63) is 57.8 Å². The van der Waals surface area contributed by atoms with Crippen LogP contribution in [0.2, 0.25) is 0 Å². The molecule has 3 rings (SSSR count). The lowest BCUT2D eigenvalue weighted by atomic mass is 10.2. The molecule has 1 fully saturated rings. The zero-order chi connectivity index (χ0) is 19.7. The molecule has 0 saturated carbocycles. The maximum absolute atomic E-state index is 12.6. The minimum atomic E-state index is -0.220. The molecule has 0 aliphatic carbocycles. The van der Waals surface area contributed by atoms with Gasteiger partial charge in [-0.3, -0.25) is 14.5 Å². The monoisotopic (exact) mass is 379 g/mol. The van der Waals surface area contributed by atoms with Crippen molar-refractivity contribution >= 4 is 29.0 Å². The van der Waals surface area contributed by atoms with Crippen molar-refractivity contribution in [2.24, 2.45) is 0 Å². The van der Waals surface area contributed by atoms with E-state index in [9.17, 15) is 9.59 Å². The summed E-state index contributed by atoms with van der Waals surface area (Å²) in [7, 11) is 0. The Morgan fingerprint density at radius 3 is 2.48 bits per heavy atom. The molecule has 0 bridgehead atoms. The Bertz CT molecular complexity index is 980. The number of carbonyl (C=O) groups excluding carboxylic acids is 2. The number of hydrogen-bond donors (Lipinski definition) is 0. The summed E-state index contributed by atoms with van der Waals surface area (Å²) in [4.78, 5) is 26.7. The molecule has 27 heavy (non-hydrogen) atoms. The third-order valence-corrected chi connectivity index (χ3v) is 5.75. The lowest BCUT2D eigenvalue weighted by Crippen LogP contribution is -2.36. The number of imide groups is 1. The molecule has 2 aromatic rings. The number of rotatable bonds is 4. The standard InChI is InChI=1S/C21H21N3O2S/c1-5-13(2)24-20(25)19(27-21(24)26)11-17-10-14(3)23(15(17)4)18-8-6-16(12-22)7-9-18/h6-11,13H,5H2,1-4H3/b19-11+/t13-/m1/s1. The molecule has 0 N–H and O–H groups in total. The van der Waals surface area contributed by atoms with Gasteiger partial charge in [-0.25, -0.2) is 0 Å². The van der Waals surface area contributed by atoms with Crippen LogP contribution in [0.5, 0.6) is 0 Å². The van der Waals surface area contributed by atoms with Crippen LogP contribution in [0.1, 0.15) is 42.8 Å². The zero-order valence-corrected chi connectivity index (χ0v) is 16.6. The van der Waals surface area contributed by atoms with Crippen LogP contribution < -0.4 is 0 Å². The van der Waals surface area contributed by atoms with Gasteiger partial charge in [0.2, 0.25) is 0 Å². The second-order valence-corrected chi connectivity index (χ2v) is 7.62. The van der Waals surface area contributed by atoms with Gasteiger partial charge in [0.05, 0.1) is 16.5 Å². The van der Waals surface area contributed by atoms with E-state index in [-0.39, 0.29) is 17.2 Å². The fourth-order valence-corrected chi connectivity index (χ4v) is 4.12. The number of amides is 2. The summed E-state index contributed by atoms with van der Waals surface area (Å²) < 4.78 is 2.08. The van der Waals surface area contributed by atoms with E-state index in [2.05, 4.69) is 10.6 Å². The Labute approximate surface area is 163 Å². The Balaban J connectivity index is 1.97. The van der Waals surface area contributed by atoms with Crippen molar-refractivity contribution in [1.29, 1.82) is 5.26 Å². The van der Waals surface area contributed by atoms with Gasteiger partial charge in [-0.2, -0.15) is 5.26 Å². The minimum Gasteiger partial charge on any atom is -0.318 e. The highest BCUT2D eigenvalue weighted by molar-refractivity contribution is 8.18. The number of benzene rings is 1. The molecule has 1 saturated heterocycles. The molecule has 2 amide bonds. The third-order valence-electron chi connectivity index (χ3n) is 4.87. The van der Waals surface area contributed by atoms with E-state index < -0.39 is 0 Å². The first-order valence-corrected chi connectivity index (χ1v) is 9.65. The molecule has 0 radical (unpaired) electrons. The molecule has 0 spiro atoms. The molecule has 1 aliphatic heterocycles. The van der Waals surface area contributed by atoms with E-state index in [1.165, 1.54) is 4.90 Å². The molecule has 6 heteroatoms. The highest BCUT2D eigenvalue weighted by Gasteiger charge is 2.37. The number of hydrogen-bond acceptors (Lipinski definition) is 4. The normalized spacial score (nSPS) is 16.9. The number of aromatic nitrogens is 1. The largest absolute Gasteiger partial charge is 0.318 e. The molecule has 138 valence electrons. The van der Waals surface area contributed by atoms with Crippen LogP contribution in [0.25, 0.3) is 11.8 Å². The van der Waals surface area contributed by atoms with Crippen LogP contribution in [-0.4, -0.2) is 26.7 Å². The second-order valence-electron chi connectivity index (χ2n) is 6.63. The summed E-state index contributed by atoms with van der Waals surface area (Å²) in [5.74, 6) is -0.220. The van der Waals surface area contributed by atoms with Gasteiger partial charge in [0.15, 0.2) is 0 Å². The first kappa shape index (κ1) is 19.0. The summed E-state index contributed by atoms with van der Waals surface area (Å²) in [6.07, 6.45) is 2.54. The van der Waals surface area contributed by atoms with Crippen LogP contribution in [0.15, 0.2) is 35.2 Å². The van der Waals surface area contributed by atoms with Crippen LogP contribution in [0.3, 0.4) is 0 Å². The average Bonchev–Trinajstić information content (AvgIpc) is 3.10. The summed E-state index contributed by atoms with van der Waals surface area (Å²) in [5, 5.41) is 8.76. The number of aryl methyl sites for hydroxylation is 1. The summed E-state index contributed by atoms with van der Waals surface area (Å²) in [6, 6.07) is 11.4. The molecule has 1 aliphatic rings. The predicted octanol–water partition coefficient (Wildman–Crippen LogP) is 4.80. The van der Waals surface area contributed by atoms with Gasteiger partial charge in [-0.1, -0.05) is 6.92 Å². The summed E-state index contributed by atoms with van der Waals surface area (Å²) in [6.45, 7) is 7.82. The second kappa shape index (κ2) is 7.45. The van der Waals surface area contributed by atoms with E-state index in [0.29, 0.717) is 10.5 Å². The molecular formula is C21H21N3O2S. The Morgan fingerprint density at radius 1 is 1.22 bits per heavy atom. The van der Waals surface area contributed by atoms with E-state index >= 15 is 0 Å². The van der Waals surface area contributed by atoms with E-state index in [1.54, 1.807) is 18.2 Å². The summed E-state index contributed by atoms with van der Waals surface area (Å²) in [5.41, 5.74) is 4.47. The van der Waals surface area contributed by atoms with E-state index in [4.69, 9.17) is 5.26 Å². The zero-order valence-electron chi connectivity index (χ0n) is 15.8. The maximum Gasteiger partial charge on any atom is 0.293 e. The van der Waals surface area contributed by atoms with Crippen molar-refractivity contribution in [2.75, 3.05) is 0 Å². The Hall–Kier alpha value is -2.78. The molecule has 5 nitrogen and oxygen atoms in total. The number of carbonyl (C=O) groups is 2. The maximum atomic E-state index is 12.6. The van der Waals surface area contributed by atoms with Crippen molar-refractivity contribution in [3.8, 4) is 11.8 Å². The molecule has 2 heterocycles. The van der Waals surface area contributed by atoms with Gasteiger partial charge in [0, 0.05) is 23.1 Å². The van der Waals surface area contributed by atoms with Crippen molar-refractivity contribution in [2.45, 2.75) is 40.2 Å². The number of thioether (sulfide) groups is 1. The van der Waals surface area contributed by atoms with Gasteiger partial charge >= 0.3 is 0 Å². The predicted molar refractivity (Wildman–Crippen MR) is 108 cm³/mol. The lowest BCUT2D eigenvalue weighted by Gasteiger charge is -2.19. The van der Waals surface area contributed by atoms with Crippen molar-refractivity contribution in [1.82, 2.24) is 9.47 Å². The Morgan fingerprint density at radius 2 is 1.89 bits per heavy atom. The highest BCUT2D eigenvalue weighted by atomic mass is 32.2.